The molecule has 0 aliphatic rings. The molecule has 0 heterocycles. The summed E-state index contributed by atoms with van der Waals surface area (Å²) in [5.41, 5.74) is 0.280. The van der Waals surface area contributed by atoms with E-state index < -0.39 is 11.2 Å². The standard InChI is InChI=1S/C9H7BrClFO/c1-5(11)9(13)7-4-6(12)2-3-8(7)10/h2-5H,1H3. The molecule has 0 aromatic heterocycles. The Morgan fingerprint density at radius 1 is 1.62 bits per heavy atom. The fourth-order valence-electron chi connectivity index (χ4n) is 0.901. The van der Waals surface area contributed by atoms with Gasteiger partial charge in [0, 0.05) is 10.0 Å². The molecule has 4 heteroatoms. The average Bonchev–Trinajstić information content (AvgIpc) is 2.08. The van der Waals surface area contributed by atoms with E-state index in [1.54, 1.807) is 6.92 Å². The molecule has 1 aromatic carbocycles. The third-order valence-corrected chi connectivity index (χ3v) is 2.44. The van der Waals surface area contributed by atoms with Crippen LogP contribution in [0.25, 0.3) is 0 Å². The van der Waals surface area contributed by atoms with Crippen LogP contribution < -0.4 is 0 Å². The zero-order chi connectivity index (χ0) is 10.0. The van der Waals surface area contributed by atoms with E-state index in [1.165, 1.54) is 18.2 Å². The molecule has 0 amide bonds. The van der Waals surface area contributed by atoms with Crippen LogP contribution in [-0.4, -0.2) is 11.2 Å². The smallest absolute Gasteiger partial charge is 0.181 e. The first kappa shape index (κ1) is 10.7. The second-order valence-corrected chi connectivity index (χ2v) is 4.11. The summed E-state index contributed by atoms with van der Waals surface area (Å²) in [7, 11) is 0. The monoisotopic (exact) mass is 264 g/mol. The van der Waals surface area contributed by atoms with Gasteiger partial charge in [-0.05, 0) is 25.1 Å². The Kier molecular flexibility index (Phi) is 3.45. The van der Waals surface area contributed by atoms with Crippen LogP contribution in [0.3, 0.4) is 0 Å². The number of hydrogen-bond acceptors (Lipinski definition) is 1. The van der Waals surface area contributed by atoms with Crippen LogP contribution >= 0.6 is 27.5 Å². The predicted molar refractivity (Wildman–Crippen MR) is 53.7 cm³/mol. The topological polar surface area (TPSA) is 17.1 Å². The maximum atomic E-state index is 12.8. The fraction of sp³-hybridized carbons (Fsp3) is 0.222. The van der Waals surface area contributed by atoms with Crippen molar-refractivity contribution in [2.75, 3.05) is 0 Å². The first-order valence-electron chi connectivity index (χ1n) is 3.65. The summed E-state index contributed by atoms with van der Waals surface area (Å²) in [6, 6.07) is 3.94. The quantitative estimate of drug-likeness (QED) is 0.592. The molecule has 0 N–H and O–H groups in total. The highest BCUT2D eigenvalue weighted by molar-refractivity contribution is 9.10. The van der Waals surface area contributed by atoms with Gasteiger partial charge in [0.15, 0.2) is 5.78 Å². The van der Waals surface area contributed by atoms with Gasteiger partial charge in [0.1, 0.15) is 5.82 Å². The van der Waals surface area contributed by atoms with E-state index >= 15 is 0 Å². The van der Waals surface area contributed by atoms with Crippen LogP contribution in [0.15, 0.2) is 22.7 Å². The zero-order valence-electron chi connectivity index (χ0n) is 6.85. The fourth-order valence-corrected chi connectivity index (χ4v) is 1.46. The van der Waals surface area contributed by atoms with Gasteiger partial charge in [0.2, 0.25) is 0 Å². The second-order valence-electron chi connectivity index (χ2n) is 2.60. The van der Waals surface area contributed by atoms with Crippen LogP contribution in [0.2, 0.25) is 0 Å². The van der Waals surface area contributed by atoms with Crippen molar-refractivity contribution in [1.82, 2.24) is 0 Å². The summed E-state index contributed by atoms with van der Waals surface area (Å²) < 4.78 is 13.3. The summed E-state index contributed by atoms with van der Waals surface area (Å²) in [5, 5.41) is -0.641. The lowest BCUT2D eigenvalue weighted by molar-refractivity contribution is 0.0990. The molecule has 0 aliphatic carbocycles. The van der Waals surface area contributed by atoms with Gasteiger partial charge < -0.3 is 0 Å². The molecule has 1 unspecified atom stereocenters. The number of Topliss-reactive ketones (excluding diaryl/α,β-unsaturated/α-hetero) is 1. The number of carbonyl (C=O) groups is 1. The van der Waals surface area contributed by atoms with E-state index in [0.29, 0.717) is 4.47 Å². The van der Waals surface area contributed by atoms with E-state index in [1.807, 2.05) is 0 Å². The molecule has 0 spiro atoms. The van der Waals surface area contributed by atoms with Gasteiger partial charge >= 0.3 is 0 Å². The van der Waals surface area contributed by atoms with Crippen LogP contribution in [0.5, 0.6) is 0 Å². The van der Waals surface area contributed by atoms with Crippen molar-refractivity contribution in [1.29, 1.82) is 0 Å². The average molecular weight is 266 g/mol. The summed E-state index contributed by atoms with van der Waals surface area (Å²) in [6.45, 7) is 1.56. The van der Waals surface area contributed by atoms with Gasteiger partial charge in [0.25, 0.3) is 0 Å². The SMILES string of the molecule is CC(Cl)C(=O)c1cc(F)ccc1Br. The first-order chi connectivity index (χ1) is 6.02. The summed E-state index contributed by atoms with van der Waals surface area (Å²) in [5.74, 6) is -0.725. The predicted octanol–water partition coefficient (Wildman–Crippen LogP) is 3.40. The molecule has 0 aliphatic heterocycles. The lowest BCUT2D eigenvalue weighted by atomic mass is 10.1. The molecule has 0 saturated heterocycles. The lowest BCUT2D eigenvalue weighted by Crippen LogP contribution is -2.11. The van der Waals surface area contributed by atoms with Gasteiger partial charge in [-0.15, -0.1) is 11.6 Å². The highest BCUT2D eigenvalue weighted by atomic mass is 79.9. The zero-order valence-corrected chi connectivity index (χ0v) is 9.19. The first-order valence-corrected chi connectivity index (χ1v) is 4.88. The highest BCUT2D eigenvalue weighted by Crippen LogP contribution is 2.20. The normalized spacial score (nSPS) is 12.6. The van der Waals surface area contributed by atoms with E-state index in [-0.39, 0.29) is 11.3 Å². The number of hydrogen-bond donors (Lipinski definition) is 0. The lowest BCUT2D eigenvalue weighted by Gasteiger charge is -2.04. The maximum Gasteiger partial charge on any atom is 0.181 e. The van der Waals surface area contributed by atoms with Crippen molar-refractivity contribution >= 4 is 33.3 Å². The Morgan fingerprint density at radius 2 is 2.23 bits per heavy atom. The van der Waals surface area contributed by atoms with Crippen LogP contribution in [0.1, 0.15) is 17.3 Å². The van der Waals surface area contributed by atoms with Gasteiger partial charge in [-0.2, -0.15) is 0 Å². The Hall–Kier alpha value is -0.410. The van der Waals surface area contributed by atoms with Crippen LogP contribution in [0.4, 0.5) is 4.39 Å². The minimum absolute atomic E-state index is 0.280. The van der Waals surface area contributed by atoms with Crippen molar-refractivity contribution in [3.8, 4) is 0 Å². The van der Waals surface area contributed by atoms with E-state index in [4.69, 9.17) is 11.6 Å². The van der Waals surface area contributed by atoms with Gasteiger partial charge in [-0.25, -0.2) is 4.39 Å². The molecule has 0 saturated carbocycles. The molecule has 0 fully saturated rings. The van der Waals surface area contributed by atoms with Crippen LogP contribution in [-0.2, 0) is 0 Å². The Morgan fingerprint density at radius 3 is 2.77 bits per heavy atom. The number of carbonyl (C=O) groups excluding carboxylic acids is 1. The number of benzene rings is 1. The van der Waals surface area contributed by atoms with Crippen molar-refractivity contribution in [2.45, 2.75) is 12.3 Å². The van der Waals surface area contributed by atoms with Gasteiger partial charge in [0.05, 0.1) is 5.38 Å². The Balaban J connectivity index is 3.13. The third kappa shape index (κ3) is 2.51. The molecular weight excluding hydrogens is 258 g/mol. The maximum absolute atomic E-state index is 12.8. The number of ketones is 1. The van der Waals surface area contributed by atoms with Crippen molar-refractivity contribution in [3.05, 3.63) is 34.1 Å². The van der Waals surface area contributed by atoms with E-state index in [2.05, 4.69) is 15.9 Å². The van der Waals surface area contributed by atoms with Crippen LogP contribution in [0, 0.1) is 5.82 Å². The summed E-state index contributed by atoms with van der Waals surface area (Å²) in [4.78, 5) is 11.4. The molecule has 70 valence electrons. The van der Waals surface area contributed by atoms with Crippen molar-refractivity contribution in [3.63, 3.8) is 0 Å². The van der Waals surface area contributed by atoms with Gasteiger partial charge in [-0.1, -0.05) is 15.9 Å². The highest BCUT2D eigenvalue weighted by Gasteiger charge is 2.15. The third-order valence-electron chi connectivity index (χ3n) is 1.56. The second kappa shape index (κ2) is 4.20. The molecule has 1 aromatic rings. The molecule has 1 rings (SSSR count). The molecule has 1 atom stereocenters. The van der Waals surface area contributed by atoms with Gasteiger partial charge in [-0.3, -0.25) is 4.79 Å². The largest absolute Gasteiger partial charge is 0.292 e. The van der Waals surface area contributed by atoms with E-state index in [0.717, 1.165) is 0 Å². The number of alkyl halides is 1. The van der Waals surface area contributed by atoms with E-state index in [9.17, 15) is 9.18 Å². The minimum atomic E-state index is -0.641. The molecule has 0 radical (unpaired) electrons. The Labute approximate surface area is 89.0 Å². The number of halogens is 3. The molecular formula is C9H7BrClFO. The summed E-state index contributed by atoms with van der Waals surface area (Å²) in [6.07, 6.45) is 0. The van der Waals surface area contributed by atoms with Crippen molar-refractivity contribution in [2.24, 2.45) is 0 Å². The molecule has 0 bridgehead atoms. The molecule has 13 heavy (non-hydrogen) atoms. The Bertz CT molecular complexity index is 338. The molecule has 1 nitrogen and oxygen atoms in total. The number of rotatable bonds is 2. The van der Waals surface area contributed by atoms with Crippen molar-refractivity contribution < 1.29 is 9.18 Å². The minimum Gasteiger partial charge on any atom is -0.292 e. The summed E-state index contributed by atoms with van der Waals surface area (Å²) >= 11 is 8.75.